The highest BCUT2D eigenvalue weighted by molar-refractivity contribution is 7.71. The monoisotopic (exact) mass is 284 g/mol. The fraction of sp³-hybridized carbons (Fsp3) is 0.364. The standard InChI is InChI=1S/C11H12N2O3S2/c1-3-6-4-7-9(18-6)12-11(17)13(10(7)15)5-8(14)16-2/h4H,3,5H2,1-2H3,(H,12,17). The number of hydrogen-bond acceptors (Lipinski definition) is 5. The zero-order chi connectivity index (χ0) is 13.3. The molecule has 2 heterocycles. The minimum Gasteiger partial charge on any atom is -0.468 e. The van der Waals surface area contributed by atoms with Crippen LogP contribution in [0, 0.1) is 4.77 Å². The third-order valence-electron chi connectivity index (χ3n) is 2.59. The molecular formula is C11H12N2O3S2. The van der Waals surface area contributed by atoms with Crippen LogP contribution in [0.1, 0.15) is 11.8 Å². The van der Waals surface area contributed by atoms with Crippen molar-refractivity contribution in [2.45, 2.75) is 19.9 Å². The minimum atomic E-state index is -0.498. The number of ether oxygens (including phenoxy) is 1. The number of rotatable bonds is 3. The lowest BCUT2D eigenvalue weighted by Gasteiger charge is -2.04. The zero-order valence-corrected chi connectivity index (χ0v) is 11.6. The number of aryl methyl sites for hydroxylation is 1. The summed E-state index contributed by atoms with van der Waals surface area (Å²) in [6, 6.07) is 1.83. The van der Waals surface area contributed by atoms with Gasteiger partial charge in [-0.25, -0.2) is 0 Å². The summed E-state index contributed by atoms with van der Waals surface area (Å²) in [5.41, 5.74) is -0.255. The first-order chi connectivity index (χ1) is 8.56. The lowest BCUT2D eigenvalue weighted by Crippen LogP contribution is -2.26. The number of esters is 1. The molecule has 0 unspecified atom stereocenters. The quantitative estimate of drug-likeness (QED) is 0.690. The molecule has 0 atom stereocenters. The lowest BCUT2D eigenvalue weighted by molar-refractivity contribution is -0.141. The van der Waals surface area contributed by atoms with Crippen LogP contribution < -0.4 is 5.56 Å². The van der Waals surface area contributed by atoms with Crippen molar-refractivity contribution in [3.63, 3.8) is 0 Å². The number of carbonyl (C=O) groups is 1. The number of thiophene rings is 1. The van der Waals surface area contributed by atoms with Crippen LogP contribution in [0.3, 0.4) is 0 Å². The van der Waals surface area contributed by atoms with Gasteiger partial charge in [-0.15, -0.1) is 11.3 Å². The summed E-state index contributed by atoms with van der Waals surface area (Å²) in [5.74, 6) is -0.498. The molecular weight excluding hydrogens is 272 g/mol. The summed E-state index contributed by atoms with van der Waals surface area (Å²) >= 11 is 6.59. The molecule has 18 heavy (non-hydrogen) atoms. The van der Waals surface area contributed by atoms with Gasteiger partial charge in [0.15, 0.2) is 4.77 Å². The molecule has 2 rings (SSSR count). The Kier molecular flexibility index (Phi) is 3.63. The maximum atomic E-state index is 12.2. The first-order valence-corrected chi connectivity index (χ1v) is 6.61. The molecule has 0 saturated heterocycles. The van der Waals surface area contributed by atoms with Gasteiger partial charge < -0.3 is 9.72 Å². The molecule has 0 aliphatic carbocycles. The molecule has 2 aromatic rings. The molecule has 0 aromatic carbocycles. The van der Waals surface area contributed by atoms with E-state index in [1.165, 1.54) is 23.0 Å². The first-order valence-electron chi connectivity index (χ1n) is 5.39. The molecule has 0 bridgehead atoms. The van der Waals surface area contributed by atoms with E-state index in [1.54, 1.807) is 0 Å². The van der Waals surface area contributed by atoms with E-state index >= 15 is 0 Å². The molecule has 5 nitrogen and oxygen atoms in total. The van der Waals surface area contributed by atoms with Gasteiger partial charge in [-0.3, -0.25) is 14.2 Å². The number of nitrogens with one attached hydrogen (secondary N) is 1. The molecule has 0 saturated carbocycles. The molecule has 2 aromatic heterocycles. The largest absolute Gasteiger partial charge is 0.468 e. The smallest absolute Gasteiger partial charge is 0.325 e. The van der Waals surface area contributed by atoms with E-state index in [0.29, 0.717) is 5.39 Å². The predicted molar refractivity (Wildman–Crippen MR) is 72.7 cm³/mol. The number of methoxy groups -OCH3 is 1. The van der Waals surface area contributed by atoms with Crippen LogP contribution in [0.4, 0.5) is 0 Å². The third-order valence-corrected chi connectivity index (χ3v) is 4.10. The van der Waals surface area contributed by atoms with Crippen LogP contribution in [0.25, 0.3) is 10.2 Å². The van der Waals surface area contributed by atoms with Crippen molar-refractivity contribution in [1.82, 2.24) is 9.55 Å². The third kappa shape index (κ3) is 2.23. The second kappa shape index (κ2) is 5.03. The number of aromatic amines is 1. The van der Waals surface area contributed by atoms with Gasteiger partial charge in [0, 0.05) is 4.88 Å². The normalized spacial score (nSPS) is 10.8. The van der Waals surface area contributed by atoms with Crippen molar-refractivity contribution in [2.24, 2.45) is 0 Å². The van der Waals surface area contributed by atoms with Crippen LogP contribution in [-0.2, 0) is 22.5 Å². The first kappa shape index (κ1) is 13.0. The Morgan fingerprint density at radius 1 is 1.61 bits per heavy atom. The van der Waals surface area contributed by atoms with Crippen molar-refractivity contribution < 1.29 is 9.53 Å². The van der Waals surface area contributed by atoms with Gasteiger partial charge in [0.25, 0.3) is 5.56 Å². The van der Waals surface area contributed by atoms with Crippen molar-refractivity contribution in [3.8, 4) is 0 Å². The van der Waals surface area contributed by atoms with Crippen LogP contribution in [-0.4, -0.2) is 22.6 Å². The molecule has 1 N–H and O–H groups in total. The predicted octanol–water partition coefficient (Wildman–Crippen LogP) is 1.86. The van der Waals surface area contributed by atoms with E-state index < -0.39 is 5.97 Å². The molecule has 7 heteroatoms. The van der Waals surface area contributed by atoms with Gasteiger partial charge in [0.2, 0.25) is 0 Å². The second-order valence-electron chi connectivity index (χ2n) is 3.71. The highest BCUT2D eigenvalue weighted by Crippen LogP contribution is 2.21. The summed E-state index contributed by atoms with van der Waals surface area (Å²) in [5, 5.41) is 0.564. The highest BCUT2D eigenvalue weighted by Gasteiger charge is 2.11. The van der Waals surface area contributed by atoms with Crippen LogP contribution in [0.5, 0.6) is 0 Å². The topological polar surface area (TPSA) is 64.1 Å². The minimum absolute atomic E-state index is 0.169. The fourth-order valence-electron chi connectivity index (χ4n) is 1.61. The molecule has 0 aliphatic heterocycles. The van der Waals surface area contributed by atoms with Crippen molar-refractivity contribution >= 4 is 39.7 Å². The zero-order valence-electron chi connectivity index (χ0n) is 9.98. The summed E-state index contributed by atoms with van der Waals surface area (Å²) in [7, 11) is 1.28. The van der Waals surface area contributed by atoms with Gasteiger partial charge in [-0.05, 0) is 24.7 Å². The number of fused-ring (bicyclic) bond motifs is 1. The fourth-order valence-corrected chi connectivity index (χ4v) is 2.91. The Balaban J connectivity index is 2.64. The number of aromatic nitrogens is 2. The molecule has 0 radical (unpaired) electrons. The molecule has 96 valence electrons. The van der Waals surface area contributed by atoms with Gasteiger partial charge in [-0.1, -0.05) is 6.92 Å². The van der Waals surface area contributed by atoms with E-state index in [2.05, 4.69) is 9.72 Å². The van der Waals surface area contributed by atoms with E-state index in [1.807, 2.05) is 13.0 Å². The Bertz CT molecular complexity index is 711. The van der Waals surface area contributed by atoms with Crippen LogP contribution >= 0.6 is 23.6 Å². The van der Waals surface area contributed by atoms with Gasteiger partial charge in [0.05, 0.1) is 12.5 Å². The number of H-pyrrole nitrogens is 1. The van der Waals surface area contributed by atoms with E-state index in [-0.39, 0.29) is 16.9 Å². The van der Waals surface area contributed by atoms with Crippen molar-refractivity contribution in [1.29, 1.82) is 0 Å². The van der Waals surface area contributed by atoms with Gasteiger partial charge in [0.1, 0.15) is 11.4 Å². The molecule has 0 fully saturated rings. The summed E-state index contributed by atoms with van der Waals surface area (Å²) in [6.45, 7) is 1.85. The number of carbonyl (C=O) groups excluding carboxylic acids is 1. The second-order valence-corrected chi connectivity index (χ2v) is 5.23. The summed E-state index contributed by atoms with van der Waals surface area (Å²) in [6.07, 6.45) is 0.858. The summed E-state index contributed by atoms with van der Waals surface area (Å²) in [4.78, 5) is 28.3. The van der Waals surface area contributed by atoms with Gasteiger partial charge >= 0.3 is 5.97 Å². The van der Waals surface area contributed by atoms with Crippen LogP contribution in [0.15, 0.2) is 10.9 Å². The average molecular weight is 284 g/mol. The van der Waals surface area contributed by atoms with Crippen molar-refractivity contribution in [3.05, 3.63) is 26.1 Å². The maximum Gasteiger partial charge on any atom is 0.325 e. The Hall–Kier alpha value is -1.47. The Morgan fingerprint density at radius 2 is 2.33 bits per heavy atom. The molecule has 0 aliphatic rings. The van der Waals surface area contributed by atoms with E-state index in [0.717, 1.165) is 16.1 Å². The molecule has 0 spiro atoms. The lowest BCUT2D eigenvalue weighted by atomic mass is 10.3. The van der Waals surface area contributed by atoms with Gasteiger partial charge in [-0.2, -0.15) is 0 Å². The average Bonchev–Trinajstić information content (AvgIpc) is 2.77. The Morgan fingerprint density at radius 3 is 2.94 bits per heavy atom. The maximum absolute atomic E-state index is 12.2. The summed E-state index contributed by atoms with van der Waals surface area (Å²) < 4.78 is 6.00. The Labute approximate surface area is 112 Å². The van der Waals surface area contributed by atoms with Crippen molar-refractivity contribution in [2.75, 3.05) is 7.11 Å². The van der Waals surface area contributed by atoms with E-state index in [4.69, 9.17) is 12.2 Å². The number of hydrogen-bond donors (Lipinski definition) is 1. The SMILES string of the molecule is CCc1cc2c(=O)n(CC(=O)OC)c(=S)[nH]c2s1. The van der Waals surface area contributed by atoms with Crippen LogP contribution in [0.2, 0.25) is 0 Å². The molecule has 0 amide bonds. The number of nitrogens with zero attached hydrogens (tertiary/aromatic N) is 1. The van der Waals surface area contributed by atoms with E-state index in [9.17, 15) is 9.59 Å². The highest BCUT2D eigenvalue weighted by atomic mass is 32.1.